The molecule has 1 aliphatic rings. The van der Waals surface area contributed by atoms with Crippen molar-refractivity contribution >= 4 is 35.0 Å². The SMILES string of the molecule is CC[C@@H](C(=O)NC1CCCC1)N(Cc1cccc(OC)c1)C(=O)Cc1ccc(Cl)c(Cl)c1. The van der Waals surface area contributed by atoms with Crippen LogP contribution in [0.2, 0.25) is 10.0 Å². The lowest BCUT2D eigenvalue weighted by Gasteiger charge is -2.31. The molecule has 7 heteroatoms. The number of benzene rings is 2. The minimum Gasteiger partial charge on any atom is -0.497 e. The van der Waals surface area contributed by atoms with Gasteiger partial charge in [0.2, 0.25) is 11.8 Å². The van der Waals surface area contributed by atoms with E-state index in [1.54, 1.807) is 30.2 Å². The molecule has 1 N–H and O–H groups in total. The third kappa shape index (κ3) is 6.39. The second kappa shape index (κ2) is 11.6. The molecule has 3 rings (SSSR count). The maximum atomic E-state index is 13.4. The van der Waals surface area contributed by atoms with Crippen molar-refractivity contribution in [2.75, 3.05) is 7.11 Å². The Kier molecular flexibility index (Phi) is 8.83. The number of nitrogens with one attached hydrogen (secondary N) is 1. The van der Waals surface area contributed by atoms with Gasteiger partial charge in [0, 0.05) is 12.6 Å². The van der Waals surface area contributed by atoms with E-state index >= 15 is 0 Å². The zero-order chi connectivity index (χ0) is 23.1. The number of halogens is 2. The van der Waals surface area contributed by atoms with Crippen LogP contribution >= 0.6 is 23.2 Å². The van der Waals surface area contributed by atoms with Gasteiger partial charge >= 0.3 is 0 Å². The molecule has 2 amide bonds. The van der Waals surface area contributed by atoms with Crippen LogP contribution in [0.3, 0.4) is 0 Å². The minimum absolute atomic E-state index is 0.0928. The molecule has 0 heterocycles. The average Bonchev–Trinajstić information content (AvgIpc) is 3.29. The van der Waals surface area contributed by atoms with Crippen LogP contribution in [0.15, 0.2) is 42.5 Å². The summed E-state index contributed by atoms with van der Waals surface area (Å²) in [4.78, 5) is 28.3. The summed E-state index contributed by atoms with van der Waals surface area (Å²) in [6.07, 6.45) is 4.91. The Morgan fingerprint density at radius 2 is 1.84 bits per heavy atom. The molecular weight excluding hydrogens is 447 g/mol. The van der Waals surface area contributed by atoms with Crippen molar-refractivity contribution in [2.24, 2.45) is 0 Å². The summed E-state index contributed by atoms with van der Waals surface area (Å²) >= 11 is 12.2. The maximum Gasteiger partial charge on any atom is 0.243 e. The molecule has 32 heavy (non-hydrogen) atoms. The predicted octanol–water partition coefficient (Wildman–Crippen LogP) is 5.41. The first kappa shape index (κ1) is 24.4. The van der Waals surface area contributed by atoms with Crippen molar-refractivity contribution in [1.82, 2.24) is 10.2 Å². The zero-order valence-corrected chi connectivity index (χ0v) is 20.1. The van der Waals surface area contributed by atoms with Crippen LogP contribution in [0, 0.1) is 0 Å². The molecule has 1 atom stereocenters. The number of nitrogens with zero attached hydrogens (tertiary/aromatic N) is 1. The lowest BCUT2D eigenvalue weighted by atomic mass is 10.1. The van der Waals surface area contributed by atoms with Gasteiger partial charge in [-0.25, -0.2) is 0 Å². The number of rotatable bonds is 9. The Hall–Kier alpha value is -2.24. The molecule has 1 aliphatic carbocycles. The summed E-state index contributed by atoms with van der Waals surface area (Å²) in [5, 5.41) is 4.01. The molecule has 2 aromatic carbocycles. The van der Waals surface area contributed by atoms with Gasteiger partial charge < -0.3 is 15.0 Å². The summed E-state index contributed by atoms with van der Waals surface area (Å²) in [5.41, 5.74) is 1.66. The van der Waals surface area contributed by atoms with E-state index in [0.717, 1.165) is 36.8 Å². The number of ether oxygens (including phenoxy) is 1. The van der Waals surface area contributed by atoms with Crippen molar-refractivity contribution in [3.05, 3.63) is 63.6 Å². The third-order valence-corrected chi connectivity index (χ3v) is 6.65. The molecule has 172 valence electrons. The molecule has 0 spiro atoms. The van der Waals surface area contributed by atoms with Gasteiger partial charge in [0.15, 0.2) is 0 Å². The highest BCUT2D eigenvalue weighted by atomic mass is 35.5. The van der Waals surface area contributed by atoms with E-state index in [0.29, 0.717) is 28.8 Å². The normalized spacial score (nSPS) is 14.8. The fraction of sp³-hybridized carbons (Fsp3) is 0.440. The number of hydrogen-bond acceptors (Lipinski definition) is 3. The standard InChI is InChI=1S/C25H30Cl2N2O3/c1-3-23(25(31)28-19-8-4-5-9-19)29(16-18-7-6-10-20(13-18)32-2)24(30)15-17-11-12-21(26)22(27)14-17/h6-7,10-14,19,23H,3-5,8-9,15-16H2,1-2H3,(H,28,31)/t23-/m0/s1. The molecule has 0 bridgehead atoms. The first-order valence-corrected chi connectivity index (χ1v) is 11.8. The smallest absolute Gasteiger partial charge is 0.243 e. The highest BCUT2D eigenvalue weighted by Gasteiger charge is 2.30. The molecule has 0 aromatic heterocycles. The lowest BCUT2D eigenvalue weighted by molar-refractivity contribution is -0.141. The van der Waals surface area contributed by atoms with Crippen molar-refractivity contribution in [3.63, 3.8) is 0 Å². The number of carbonyl (C=O) groups is 2. The first-order valence-electron chi connectivity index (χ1n) is 11.1. The molecule has 0 aliphatic heterocycles. The van der Waals surface area contributed by atoms with Gasteiger partial charge in [-0.05, 0) is 54.7 Å². The highest BCUT2D eigenvalue weighted by Crippen LogP contribution is 2.24. The van der Waals surface area contributed by atoms with Crippen LogP contribution in [0.25, 0.3) is 0 Å². The summed E-state index contributed by atoms with van der Waals surface area (Å²) < 4.78 is 5.33. The van der Waals surface area contributed by atoms with Crippen LogP contribution in [-0.2, 0) is 22.6 Å². The number of carbonyl (C=O) groups excluding carboxylic acids is 2. The predicted molar refractivity (Wildman–Crippen MR) is 128 cm³/mol. The van der Waals surface area contributed by atoms with E-state index in [-0.39, 0.29) is 24.3 Å². The fourth-order valence-electron chi connectivity index (χ4n) is 4.18. The summed E-state index contributed by atoms with van der Waals surface area (Å²) in [7, 11) is 1.61. The Labute approximate surface area is 200 Å². The molecule has 2 aromatic rings. The van der Waals surface area contributed by atoms with Crippen LogP contribution in [-0.4, -0.2) is 35.9 Å². The Morgan fingerprint density at radius 1 is 1.09 bits per heavy atom. The number of hydrogen-bond donors (Lipinski definition) is 1. The largest absolute Gasteiger partial charge is 0.497 e. The van der Waals surface area contributed by atoms with Gasteiger partial charge in [0.05, 0.1) is 23.6 Å². The van der Waals surface area contributed by atoms with Gasteiger partial charge in [-0.3, -0.25) is 9.59 Å². The monoisotopic (exact) mass is 476 g/mol. The van der Waals surface area contributed by atoms with Crippen molar-refractivity contribution in [1.29, 1.82) is 0 Å². The van der Waals surface area contributed by atoms with Crippen LogP contribution in [0.4, 0.5) is 0 Å². The molecular formula is C25H30Cl2N2O3. The fourth-order valence-corrected chi connectivity index (χ4v) is 4.50. The number of amides is 2. The highest BCUT2D eigenvalue weighted by molar-refractivity contribution is 6.42. The van der Waals surface area contributed by atoms with Gasteiger partial charge in [0.1, 0.15) is 11.8 Å². The Balaban J connectivity index is 1.84. The van der Waals surface area contributed by atoms with E-state index in [4.69, 9.17) is 27.9 Å². The van der Waals surface area contributed by atoms with Crippen LogP contribution in [0.1, 0.15) is 50.2 Å². The second-order valence-electron chi connectivity index (χ2n) is 8.21. The van der Waals surface area contributed by atoms with E-state index in [1.165, 1.54) is 0 Å². The third-order valence-electron chi connectivity index (χ3n) is 5.91. The van der Waals surface area contributed by atoms with Crippen molar-refractivity contribution in [2.45, 2.75) is 64.1 Å². The topological polar surface area (TPSA) is 58.6 Å². The van der Waals surface area contributed by atoms with Gasteiger partial charge in [-0.1, -0.05) is 61.2 Å². The van der Waals surface area contributed by atoms with E-state index in [9.17, 15) is 9.59 Å². The second-order valence-corrected chi connectivity index (χ2v) is 9.03. The summed E-state index contributed by atoms with van der Waals surface area (Å²) in [6.45, 7) is 2.25. The quantitative estimate of drug-likeness (QED) is 0.526. The summed E-state index contributed by atoms with van der Waals surface area (Å²) in [5.74, 6) is 0.479. The van der Waals surface area contributed by atoms with E-state index < -0.39 is 6.04 Å². The van der Waals surface area contributed by atoms with Crippen LogP contribution in [0.5, 0.6) is 5.75 Å². The maximum absolute atomic E-state index is 13.4. The molecule has 1 saturated carbocycles. The molecule has 0 unspecified atom stereocenters. The minimum atomic E-state index is -0.558. The van der Waals surface area contributed by atoms with Gasteiger partial charge in [-0.2, -0.15) is 0 Å². The Morgan fingerprint density at radius 3 is 2.50 bits per heavy atom. The van der Waals surface area contributed by atoms with Crippen LogP contribution < -0.4 is 10.1 Å². The summed E-state index contributed by atoms with van der Waals surface area (Å²) in [6, 6.07) is 12.4. The molecule has 0 radical (unpaired) electrons. The van der Waals surface area contributed by atoms with Crippen molar-refractivity contribution < 1.29 is 14.3 Å². The van der Waals surface area contributed by atoms with E-state index in [1.807, 2.05) is 31.2 Å². The van der Waals surface area contributed by atoms with Gasteiger partial charge in [0.25, 0.3) is 0 Å². The number of methoxy groups -OCH3 is 1. The lowest BCUT2D eigenvalue weighted by Crippen LogP contribution is -2.51. The average molecular weight is 477 g/mol. The Bertz CT molecular complexity index is 945. The first-order chi connectivity index (χ1) is 15.4. The van der Waals surface area contributed by atoms with Crippen molar-refractivity contribution in [3.8, 4) is 5.75 Å². The van der Waals surface area contributed by atoms with Gasteiger partial charge in [-0.15, -0.1) is 0 Å². The molecule has 0 saturated heterocycles. The van der Waals surface area contributed by atoms with E-state index in [2.05, 4.69) is 5.32 Å². The molecule has 5 nitrogen and oxygen atoms in total. The zero-order valence-electron chi connectivity index (χ0n) is 18.6. The molecule has 1 fully saturated rings.